The lowest BCUT2D eigenvalue weighted by molar-refractivity contribution is -0.384. The Hall–Kier alpha value is -2.76. The Morgan fingerprint density at radius 3 is 2.77 bits per heavy atom. The number of hydrogen-bond acceptors (Lipinski definition) is 7. The fourth-order valence-corrected chi connectivity index (χ4v) is 4.33. The first-order valence-corrected chi connectivity index (χ1v) is 10.5. The molecule has 1 aliphatic heterocycles. The van der Waals surface area contributed by atoms with Crippen molar-refractivity contribution in [1.82, 2.24) is 4.90 Å². The van der Waals surface area contributed by atoms with Gasteiger partial charge in [0.15, 0.2) is 0 Å². The first kappa shape index (κ1) is 21.9. The van der Waals surface area contributed by atoms with Crippen molar-refractivity contribution in [2.75, 3.05) is 11.9 Å². The number of aromatic hydroxyl groups is 1. The zero-order chi connectivity index (χ0) is 21.8. The molecule has 2 N–H and O–H groups in total. The highest BCUT2D eigenvalue weighted by Crippen LogP contribution is 2.33. The molecule has 0 unspecified atom stereocenters. The molecule has 0 aliphatic carbocycles. The monoisotopic (exact) mass is 507 g/mol. The van der Waals surface area contributed by atoms with Gasteiger partial charge in [0, 0.05) is 23.5 Å². The van der Waals surface area contributed by atoms with Crippen LogP contribution in [0.1, 0.15) is 12.0 Å². The maximum Gasteiger partial charge on any atom is 0.273 e. The van der Waals surface area contributed by atoms with Crippen molar-refractivity contribution in [2.24, 2.45) is 0 Å². The number of hydrogen-bond donors (Lipinski definition) is 2. The zero-order valence-electron chi connectivity index (χ0n) is 15.2. The van der Waals surface area contributed by atoms with Gasteiger partial charge in [-0.1, -0.05) is 52.0 Å². The number of phenolic OH excluding ortho intramolecular Hbond substituents is 1. The number of halogens is 1. The number of thioether (sulfide) groups is 1. The SMILES string of the molecule is O=C(CCN1C(=O)/C(=C\c2cccc(Br)c2)SC1=S)Nc1ccc([N+](=O)[O-])cc1O. The van der Waals surface area contributed by atoms with E-state index in [0.717, 1.165) is 27.9 Å². The number of amides is 2. The lowest BCUT2D eigenvalue weighted by Crippen LogP contribution is -2.31. The van der Waals surface area contributed by atoms with Crippen LogP contribution in [0.5, 0.6) is 5.75 Å². The first-order chi connectivity index (χ1) is 14.2. The molecular formula is C19H14BrN3O5S2. The maximum absolute atomic E-state index is 12.6. The summed E-state index contributed by atoms with van der Waals surface area (Å²) >= 11 is 9.80. The van der Waals surface area contributed by atoms with Crippen LogP contribution in [0.2, 0.25) is 0 Å². The van der Waals surface area contributed by atoms with Gasteiger partial charge in [-0.3, -0.25) is 24.6 Å². The van der Waals surface area contributed by atoms with Gasteiger partial charge in [-0.15, -0.1) is 0 Å². The number of nitro groups is 1. The van der Waals surface area contributed by atoms with Crippen molar-refractivity contribution in [1.29, 1.82) is 0 Å². The standard InChI is InChI=1S/C19H14BrN3O5S2/c20-12-3-1-2-11(8-12)9-16-18(26)22(19(29)30-16)7-6-17(25)21-14-5-4-13(23(27)28)10-15(14)24/h1-5,8-10,24H,6-7H2,(H,21,25)/b16-9+. The minimum atomic E-state index is -0.651. The van der Waals surface area contributed by atoms with Crippen molar-refractivity contribution in [3.8, 4) is 5.75 Å². The number of non-ortho nitro benzene ring substituents is 1. The fraction of sp³-hybridized carbons (Fsp3) is 0.105. The first-order valence-electron chi connectivity index (χ1n) is 8.53. The number of nitro benzene ring substituents is 1. The number of thiocarbonyl (C=S) groups is 1. The van der Waals surface area contributed by atoms with E-state index in [1.807, 2.05) is 24.3 Å². The number of nitrogens with zero attached hydrogens (tertiary/aromatic N) is 2. The number of benzene rings is 2. The van der Waals surface area contributed by atoms with Gasteiger partial charge in [0.25, 0.3) is 11.6 Å². The van der Waals surface area contributed by atoms with E-state index in [4.69, 9.17) is 12.2 Å². The average Bonchev–Trinajstić information content (AvgIpc) is 2.94. The second kappa shape index (κ2) is 9.37. The number of anilines is 1. The van der Waals surface area contributed by atoms with E-state index in [9.17, 15) is 24.8 Å². The fourth-order valence-electron chi connectivity index (χ4n) is 2.61. The van der Waals surface area contributed by atoms with Gasteiger partial charge in [0.1, 0.15) is 10.1 Å². The summed E-state index contributed by atoms with van der Waals surface area (Å²) in [5.41, 5.74) is 0.599. The summed E-state index contributed by atoms with van der Waals surface area (Å²) in [6.07, 6.45) is 1.67. The van der Waals surface area contributed by atoms with Crippen LogP contribution in [0.3, 0.4) is 0 Å². The molecule has 1 fully saturated rings. The molecule has 0 saturated carbocycles. The molecule has 0 aromatic heterocycles. The third kappa shape index (κ3) is 5.23. The predicted molar refractivity (Wildman–Crippen MR) is 122 cm³/mol. The third-order valence-corrected chi connectivity index (χ3v) is 5.92. The van der Waals surface area contributed by atoms with E-state index < -0.39 is 16.6 Å². The molecule has 154 valence electrons. The number of carbonyl (C=O) groups excluding carboxylic acids is 2. The molecule has 1 aliphatic rings. The number of carbonyl (C=O) groups is 2. The summed E-state index contributed by atoms with van der Waals surface area (Å²) in [7, 11) is 0. The van der Waals surface area contributed by atoms with Crippen LogP contribution in [0, 0.1) is 10.1 Å². The van der Waals surface area contributed by atoms with Crippen LogP contribution in [0.4, 0.5) is 11.4 Å². The number of phenols is 1. The van der Waals surface area contributed by atoms with Crippen LogP contribution >= 0.6 is 39.9 Å². The molecule has 8 nitrogen and oxygen atoms in total. The van der Waals surface area contributed by atoms with E-state index >= 15 is 0 Å². The van der Waals surface area contributed by atoms with Crippen LogP contribution in [0.25, 0.3) is 6.08 Å². The molecule has 1 heterocycles. The van der Waals surface area contributed by atoms with E-state index in [-0.39, 0.29) is 30.2 Å². The highest BCUT2D eigenvalue weighted by Gasteiger charge is 2.32. The zero-order valence-corrected chi connectivity index (χ0v) is 18.4. The molecule has 2 aromatic rings. The van der Waals surface area contributed by atoms with E-state index in [2.05, 4.69) is 21.2 Å². The van der Waals surface area contributed by atoms with Crippen molar-refractivity contribution in [2.45, 2.75) is 6.42 Å². The van der Waals surface area contributed by atoms with Gasteiger partial charge >= 0.3 is 0 Å². The molecule has 0 radical (unpaired) electrons. The molecule has 0 bridgehead atoms. The van der Waals surface area contributed by atoms with Crippen LogP contribution in [0.15, 0.2) is 51.8 Å². The summed E-state index contributed by atoms with van der Waals surface area (Å²) in [6.45, 7) is 0.0695. The molecule has 0 atom stereocenters. The van der Waals surface area contributed by atoms with Crippen LogP contribution in [-0.2, 0) is 9.59 Å². The van der Waals surface area contributed by atoms with E-state index in [0.29, 0.717) is 9.23 Å². The van der Waals surface area contributed by atoms with Gasteiger partial charge in [-0.05, 0) is 29.8 Å². The number of nitrogens with one attached hydrogen (secondary N) is 1. The van der Waals surface area contributed by atoms with E-state index in [1.165, 1.54) is 17.0 Å². The minimum absolute atomic E-state index is 0.0468. The Balaban J connectivity index is 1.61. The van der Waals surface area contributed by atoms with E-state index in [1.54, 1.807) is 6.08 Å². The van der Waals surface area contributed by atoms with Gasteiger partial charge in [0.2, 0.25) is 5.91 Å². The summed E-state index contributed by atoms with van der Waals surface area (Å²) in [5.74, 6) is -1.17. The van der Waals surface area contributed by atoms with Crippen molar-refractivity contribution >= 4 is 73.5 Å². The van der Waals surface area contributed by atoms with Crippen molar-refractivity contribution in [3.05, 3.63) is 67.5 Å². The highest BCUT2D eigenvalue weighted by molar-refractivity contribution is 9.10. The Kier molecular flexibility index (Phi) is 6.85. The molecule has 3 rings (SSSR count). The summed E-state index contributed by atoms with van der Waals surface area (Å²) in [4.78, 5) is 36.7. The summed E-state index contributed by atoms with van der Waals surface area (Å²) < 4.78 is 1.24. The molecule has 2 amide bonds. The average molecular weight is 508 g/mol. The predicted octanol–water partition coefficient (Wildman–Crippen LogP) is 4.29. The Morgan fingerprint density at radius 2 is 2.10 bits per heavy atom. The minimum Gasteiger partial charge on any atom is -0.506 e. The second-order valence-electron chi connectivity index (χ2n) is 6.15. The topological polar surface area (TPSA) is 113 Å². The van der Waals surface area contributed by atoms with Gasteiger partial charge in [-0.2, -0.15) is 0 Å². The smallest absolute Gasteiger partial charge is 0.273 e. The molecule has 11 heteroatoms. The quantitative estimate of drug-likeness (QED) is 0.197. The second-order valence-corrected chi connectivity index (χ2v) is 8.74. The van der Waals surface area contributed by atoms with Gasteiger partial charge in [-0.25, -0.2) is 0 Å². The van der Waals surface area contributed by atoms with Crippen LogP contribution < -0.4 is 5.32 Å². The largest absolute Gasteiger partial charge is 0.506 e. The molecular weight excluding hydrogens is 494 g/mol. The maximum atomic E-state index is 12.6. The third-order valence-electron chi connectivity index (χ3n) is 4.05. The Labute approximate surface area is 189 Å². The molecule has 1 saturated heterocycles. The lowest BCUT2D eigenvalue weighted by Gasteiger charge is -2.14. The molecule has 0 spiro atoms. The Bertz CT molecular complexity index is 1090. The number of rotatable bonds is 6. The van der Waals surface area contributed by atoms with Crippen molar-refractivity contribution in [3.63, 3.8) is 0 Å². The van der Waals surface area contributed by atoms with Crippen LogP contribution in [-0.4, -0.2) is 37.6 Å². The Morgan fingerprint density at radius 1 is 1.33 bits per heavy atom. The van der Waals surface area contributed by atoms with Gasteiger partial charge < -0.3 is 10.4 Å². The summed E-state index contributed by atoms with van der Waals surface area (Å²) in [5, 5.41) is 23.0. The van der Waals surface area contributed by atoms with Gasteiger partial charge in [0.05, 0.1) is 21.6 Å². The normalized spacial score (nSPS) is 15.0. The van der Waals surface area contributed by atoms with Crippen molar-refractivity contribution < 1.29 is 19.6 Å². The molecule has 30 heavy (non-hydrogen) atoms. The summed E-state index contributed by atoms with van der Waals surface area (Å²) in [6, 6.07) is 10.8. The molecule has 2 aromatic carbocycles. The highest BCUT2D eigenvalue weighted by atomic mass is 79.9. The lowest BCUT2D eigenvalue weighted by atomic mass is 10.2.